The minimum atomic E-state index is -0.540. The molecule has 19 heavy (non-hydrogen) atoms. The molecule has 0 unspecified atom stereocenters. The third-order valence-electron chi connectivity index (χ3n) is 2.33. The summed E-state index contributed by atoms with van der Waals surface area (Å²) in [6.45, 7) is 0.112. The first-order valence-corrected chi connectivity index (χ1v) is 6.11. The van der Waals surface area contributed by atoms with Gasteiger partial charge in [0.05, 0.1) is 17.2 Å². The van der Waals surface area contributed by atoms with Gasteiger partial charge >= 0.3 is 5.97 Å². The first-order valence-electron chi connectivity index (χ1n) is 5.35. The maximum Gasteiger partial charge on any atom is 0.373 e. The third-order valence-corrected chi connectivity index (χ3v) is 2.92. The van der Waals surface area contributed by atoms with E-state index >= 15 is 0 Å². The van der Waals surface area contributed by atoms with Gasteiger partial charge in [-0.25, -0.2) is 4.79 Å². The molecule has 0 aliphatic carbocycles. The summed E-state index contributed by atoms with van der Waals surface area (Å²) in [6.07, 6.45) is 0. The zero-order chi connectivity index (χ0) is 13.8. The summed E-state index contributed by atoms with van der Waals surface area (Å²) in [5.74, 6) is 0.423. The summed E-state index contributed by atoms with van der Waals surface area (Å²) in [5.41, 5.74) is 0. The molecule has 0 atom stereocenters. The SMILES string of the molecule is COC(=O)c1ccc(COc2c(Cl)cccc2Cl)o1. The van der Waals surface area contributed by atoms with Gasteiger partial charge in [0.15, 0.2) is 5.75 Å². The minimum Gasteiger partial charge on any atom is -0.483 e. The summed E-state index contributed by atoms with van der Waals surface area (Å²) >= 11 is 11.9. The standard InChI is InChI=1S/C13H10Cl2O4/c1-17-13(16)11-6-5-8(19-11)7-18-12-9(14)3-2-4-10(12)15/h2-6H,7H2,1H3. The molecule has 0 radical (unpaired) electrons. The van der Waals surface area contributed by atoms with E-state index in [1.807, 2.05) is 0 Å². The van der Waals surface area contributed by atoms with Crippen LogP contribution in [-0.4, -0.2) is 13.1 Å². The molecule has 0 amide bonds. The second-order valence-electron chi connectivity index (χ2n) is 3.60. The number of esters is 1. The number of furan rings is 1. The van der Waals surface area contributed by atoms with E-state index in [9.17, 15) is 4.79 Å². The highest BCUT2D eigenvalue weighted by Crippen LogP contribution is 2.33. The van der Waals surface area contributed by atoms with Crippen LogP contribution in [0.15, 0.2) is 34.7 Å². The number of carbonyl (C=O) groups is 1. The maximum atomic E-state index is 11.2. The van der Waals surface area contributed by atoms with Gasteiger partial charge in [0, 0.05) is 0 Å². The normalized spacial score (nSPS) is 10.3. The Kier molecular flexibility index (Phi) is 4.35. The van der Waals surface area contributed by atoms with E-state index in [-0.39, 0.29) is 12.4 Å². The van der Waals surface area contributed by atoms with Gasteiger partial charge in [0.25, 0.3) is 0 Å². The Bertz CT molecular complexity index is 572. The van der Waals surface area contributed by atoms with E-state index in [4.69, 9.17) is 32.4 Å². The fraction of sp³-hybridized carbons (Fsp3) is 0.154. The van der Waals surface area contributed by atoms with Crippen LogP contribution in [0.3, 0.4) is 0 Å². The van der Waals surface area contributed by atoms with Crippen LogP contribution in [0.5, 0.6) is 5.75 Å². The number of para-hydroxylation sites is 1. The second kappa shape index (κ2) is 5.99. The lowest BCUT2D eigenvalue weighted by Crippen LogP contribution is -1.99. The lowest BCUT2D eigenvalue weighted by atomic mass is 10.3. The van der Waals surface area contributed by atoms with Gasteiger partial charge in [-0.1, -0.05) is 29.3 Å². The van der Waals surface area contributed by atoms with Crippen LogP contribution in [0.2, 0.25) is 10.0 Å². The van der Waals surface area contributed by atoms with Gasteiger partial charge in [-0.2, -0.15) is 0 Å². The van der Waals surface area contributed by atoms with Crippen molar-refractivity contribution < 1.29 is 18.7 Å². The zero-order valence-corrected chi connectivity index (χ0v) is 11.5. The van der Waals surface area contributed by atoms with Crippen molar-refractivity contribution in [3.63, 3.8) is 0 Å². The maximum absolute atomic E-state index is 11.2. The number of rotatable bonds is 4. The van der Waals surface area contributed by atoms with E-state index in [1.54, 1.807) is 24.3 Å². The molecule has 0 fully saturated rings. The summed E-state index contributed by atoms with van der Waals surface area (Å²) in [4.78, 5) is 11.2. The smallest absolute Gasteiger partial charge is 0.373 e. The Labute approximate surface area is 119 Å². The quantitative estimate of drug-likeness (QED) is 0.802. The molecule has 0 aliphatic rings. The van der Waals surface area contributed by atoms with E-state index in [0.29, 0.717) is 21.6 Å². The van der Waals surface area contributed by atoms with Crippen LogP contribution in [0, 0.1) is 0 Å². The molecule has 1 aromatic heterocycles. The fourth-order valence-electron chi connectivity index (χ4n) is 1.43. The third kappa shape index (κ3) is 3.22. The van der Waals surface area contributed by atoms with Crippen LogP contribution in [0.1, 0.15) is 16.3 Å². The Hall–Kier alpha value is -1.65. The van der Waals surface area contributed by atoms with Gasteiger partial charge in [-0.05, 0) is 24.3 Å². The second-order valence-corrected chi connectivity index (χ2v) is 4.41. The van der Waals surface area contributed by atoms with E-state index in [0.717, 1.165) is 0 Å². The number of carbonyl (C=O) groups excluding carboxylic acids is 1. The molecule has 4 nitrogen and oxygen atoms in total. The first kappa shape index (κ1) is 13.8. The molecule has 2 aromatic rings. The first-order chi connectivity index (χ1) is 9.11. The van der Waals surface area contributed by atoms with E-state index in [2.05, 4.69) is 4.74 Å². The van der Waals surface area contributed by atoms with Crippen molar-refractivity contribution in [2.45, 2.75) is 6.61 Å². The molecular weight excluding hydrogens is 291 g/mol. The van der Waals surface area contributed by atoms with Crippen molar-refractivity contribution in [1.29, 1.82) is 0 Å². The van der Waals surface area contributed by atoms with Crippen LogP contribution in [0.4, 0.5) is 0 Å². The van der Waals surface area contributed by atoms with E-state index < -0.39 is 5.97 Å². The molecule has 0 N–H and O–H groups in total. The lowest BCUT2D eigenvalue weighted by molar-refractivity contribution is 0.0561. The van der Waals surface area contributed by atoms with Crippen molar-refractivity contribution in [1.82, 2.24) is 0 Å². The monoisotopic (exact) mass is 300 g/mol. The molecule has 1 heterocycles. The number of ether oxygens (including phenoxy) is 2. The number of hydrogen-bond donors (Lipinski definition) is 0. The molecule has 0 spiro atoms. The highest BCUT2D eigenvalue weighted by molar-refractivity contribution is 6.37. The van der Waals surface area contributed by atoms with Crippen LogP contribution in [-0.2, 0) is 11.3 Å². The van der Waals surface area contributed by atoms with Gasteiger partial charge in [-0.3, -0.25) is 0 Å². The minimum absolute atomic E-state index is 0.112. The summed E-state index contributed by atoms with van der Waals surface area (Å²) in [7, 11) is 1.28. The van der Waals surface area contributed by atoms with Crippen molar-refractivity contribution in [3.8, 4) is 5.75 Å². The Balaban J connectivity index is 2.07. The van der Waals surface area contributed by atoms with Crippen molar-refractivity contribution >= 4 is 29.2 Å². The van der Waals surface area contributed by atoms with Crippen LogP contribution >= 0.6 is 23.2 Å². The molecule has 0 saturated heterocycles. The number of benzene rings is 1. The molecule has 0 aliphatic heterocycles. The molecule has 0 bridgehead atoms. The van der Waals surface area contributed by atoms with Gasteiger partial charge in [-0.15, -0.1) is 0 Å². The fourth-order valence-corrected chi connectivity index (χ4v) is 1.94. The van der Waals surface area contributed by atoms with Gasteiger partial charge in [0.1, 0.15) is 12.4 Å². The highest BCUT2D eigenvalue weighted by Gasteiger charge is 2.12. The number of methoxy groups -OCH3 is 1. The largest absolute Gasteiger partial charge is 0.483 e. The van der Waals surface area contributed by atoms with Crippen molar-refractivity contribution in [3.05, 3.63) is 51.9 Å². The van der Waals surface area contributed by atoms with Crippen LogP contribution in [0.25, 0.3) is 0 Å². The summed E-state index contributed by atoms with van der Waals surface area (Å²) < 4.78 is 15.3. The van der Waals surface area contributed by atoms with Crippen molar-refractivity contribution in [2.24, 2.45) is 0 Å². The van der Waals surface area contributed by atoms with Crippen molar-refractivity contribution in [2.75, 3.05) is 7.11 Å². The van der Waals surface area contributed by atoms with Gasteiger partial charge < -0.3 is 13.9 Å². The predicted octanol–water partition coefficient (Wildman–Crippen LogP) is 3.95. The average molecular weight is 301 g/mol. The number of hydrogen-bond acceptors (Lipinski definition) is 4. The molecule has 6 heteroatoms. The molecule has 1 aromatic carbocycles. The Morgan fingerprint density at radius 3 is 2.53 bits per heavy atom. The Morgan fingerprint density at radius 2 is 1.89 bits per heavy atom. The predicted molar refractivity (Wildman–Crippen MR) is 70.8 cm³/mol. The lowest BCUT2D eigenvalue weighted by Gasteiger charge is -2.07. The molecule has 2 rings (SSSR count). The molecular formula is C13H10Cl2O4. The molecule has 100 valence electrons. The summed E-state index contributed by atoms with van der Waals surface area (Å²) in [5, 5.41) is 0.819. The highest BCUT2D eigenvalue weighted by atomic mass is 35.5. The molecule has 0 saturated carbocycles. The van der Waals surface area contributed by atoms with Gasteiger partial charge in [0.2, 0.25) is 5.76 Å². The Morgan fingerprint density at radius 1 is 1.21 bits per heavy atom. The zero-order valence-electron chi connectivity index (χ0n) is 9.98. The van der Waals surface area contributed by atoms with Crippen LogP contribution < -0.4 is 4.74 Å². The number of halogens is 2. The average Bonchev–Trinajstić information content (AvgIpc) is 2.86. The summed E-state index contributed by atoms with van der Waals surface area (Å²) in [6, 6.07) is 8.20. The van der Waals surface area contributed by atoms with E-state index in [1.165, 1.54) is 13.2 Å². The topological polar surface area (TPSA) is 48.7 Å².